The normalized spacial score (nSPS) is 13.0. The lowest BCUT2D eigenvalue weighted by atomic mass is 9.86. The van der Waals surface area contributed by atoms with Gasteiger partial charge < -0.3 is 30.2 Å². The van der Waals surface area contributed by atoms with E-state index in [-0.39, 0.29) is 35.1 Å². The molecule has 1 aromatic heterocycles. The second kappa shape index (κ2) is 11.5. The highest BCUT2D eigenvalue weighted by Crippen LogP contribution is 2.25. The number of benzene rings is 2. The van der Waals surface area contributed by atoms with E-state index in [9.17, 15) is 24.3 Å². The Morgan fingerprint density at radius 1 is 1.10 bits per heavy atom. The van der Waals surface area contributed by atoms with Crippen molar-refractivity contribution in [1.82, 2.24) is 10.3 Å². The summed E-state index contributed by atoms with van der Waals surface area (Å²) < 4.78 is 10.6. The summed E-state index contributed by atoms with van der Waals surface area (Å²) in [6.45, 7) is 10.4. The Bertz CT molecular complexity index is 1430. The number of aryl methyl sites for hydroxylation is 1. The zero-order valence-electron chi connectivity index (χ0n) is 22.9. The van der Waals surface area contributed by atoms with Crippen molar-refractivity contribution in [3.05, 3.63) is 64.0 Å². The smallest absolute Gasteiger partial charge is 0.408 e. The van der Waals surface area contributed by atoms with E-state index in [1.807, 2.05) is 13.8 Å². The number of ether oxygens (including phenoxy) is 1. The van der Waals surface area contributed by atoms with Crippen molar-refractivity contribution in [3.8, 4) is 0 Å². The van der Waals surface area contributed by atoms with E-state index in [2.05, 4.69) is 20.9 Å². The van der Waals surface area contributed by atoms with Crippen LogP contribution in [0.5, 0.6) is 0 Å². The molecule has 3 rings (SSSR count). The monoisotopic (exact) mass is 538 g/mol. The Morgan fingerprint density at radius 2 is 1.77 bits per heavy atom. The van der Waals surface area contributed by atoms with E-state index >= 15 is 0 Å². The van der Waals surface area contributed by atoms with Crippen LogP contribution in [0.3, 0.4) is 0 Å². The minimum Gasteiger partial charge on any atom is -0.481 e. The molecule has 0 bridgehead atoms. The maximum atomic E-state index is 13.8. The van der Waals surface area contributed by atoms with Gasteiger partial charge in [-0.25, -0.2) is 9.59 Å². The molecule has 11 heteroatoms. The standard InChI is InChI=1S/C28H34N4O7/c1-16(2)29-25-31-20-13-19(12-17(3)22(20)23(35)38-25)30-24(36)28(15-21(33)34,14-18-10-8-7-9-11-18)32-26(37)39-27(4,5)6/h7-13,16H,14-15H2,1-6H3,(H,29,31)(H,30,36)(H,32,37)(H,33,34)/t28-/m0/s1. The number of nitrogens with one attached hydrogen (secondary N) is 3. The van der Waals surface area contributed by atoms with Crippen LogP contribution < -0.4 is 21.6 Å². The van der Waals surface area contributed by atoms with Crippen LogP contribution in [-0.2, 0) is 20.7 Å². The van der Waals surface area contributed by atoms with Crippen LogP contribution in [0.2, 0.25) is 0 Å². The van der Waals surface area contributed by atoms with E-state index in [4.69, 9.17) is 9.15 Å². The van der Waals surface area contributed by atoms with E-state index in [0.29, 0.717) is 11.1 Å². The van der Waals surface area contributed by atoms with Crippen molar-refractivity contribution in [2.45, 2.75) is 71.6 Å². The van der Waals surface area contributed by atoms with Gasteiger partial charge in [-0.3, -0.25) is 9.59 Å². The molecule has 0 radical (unpaired) electrons. The van der Waals surface area contributed by atoms with E-state index in [0.717, 1.165) is 0 Å². The van der Waals surface area contributed by atoms with Crippen molar-refractivity contribution in [2.24, 2.45) is 0 Å². The van der Waals surface area contributed by atoms with Gasteiger partial charge in [0.25, 0.3) is 11.9 Å². The molecule has 208 valence electrons. The molecule has 0 saturated carbocycles. The Kier molecular flexibility index (Phi) is 8.63. The summed E-state index contributed by atoms with van der Waals surface area (Å²) >= 11 is 0. The van der Waals surface area contributed by atoms with E-state index < -0.39 is 41.2 Å². The quantitative estimate of drug-likeness (QED) is 0.312. The third-order valence-corrected chi connectivity index (χ3v) is 5.58. The predicted octanol–water partition coefficient (Wildman–Crippen LogP) is 4.24. The third kappa shape index (κ3) is 7.79. The van der Waals surface area contributed by atoms with Crippen LogP contribution in [0, 0.1) is 6.92 Å². The number of alkyl carbamates (subject to hydrolysis) is 1. The Labute approximate surface area is 226 Å². The second-order valence-corrected chi connectivity index (χ2v) is 10.7. The summed E-state index contributed by atoms with van der Waals surface area (Å²) in [5, 5.41) is 18.2. The maximum absolute atomic E-state index is 13.8. The fourth-order valence-corrected chi connectivity index (χ4v) is 4.09. The largest absolute Gasteiger partial charge is 0.481 e. The summed E-state index contributed by atoms with van der Waals surface area (Å²) in [5.41, 5.74) is -1.73. The number of nitrogens with zero attached hydrogens (tertiary/aromatic N) is 1. The molecule has 0 spiro atoms. The Hall–Kier alpha value is -4.41. The van der Waals surface area contributed by atoms with Gasteiger partial charge in [0.05, 0.1) is 17.3 Å². The summed E-state index contributed by atoms with van der Waals surface area (Å²) in [4.78, 5) is 55.6. The van der Waals surface area contributed by atoms with Crippen LogP contribution in [0.1, 0.15) is 52.2 Å². The van der Waals surface area contributed by atoms with Gasteiger partial charge in [-0.2, -0.15) is 4.98 Å². The molecular weight excluding hydrogens is 504 g/mol. The molecule has 11 nitrogen and oxygen atoms in total. The number of fused-ring (bicyclic) bond motifs is 1. The summed E-state index contributed by atoms with van der Waals surface area (Å²) in [6, 6.07) is 11.8. The van der Waals surface area contributed by atoms with Gasteiger partial charge in [0.2, 0.25) is 0 Å². The zero-order valence-corrected chi connectivity index (χ0v) is 22.9. The molecule has 0 aliphatic heterocycles. The zero-order chi connectivity index (χ0) is 29.0. The van der Waals surface area contributed by atoms with Crippen molar-refractivity contribution in [1.29, 1.82) is 0 Å². The van der Waals surface area contributed by atoms with Gasteiger partial charge in [0, 0.05) is 18.2 Å². The van der Waals surface area contributed by atoms with Crippen molar-refractivity contribution < 1.29 is 28.6 Å². The van der Waals surface area contributed by atoms with Crippen LogP contribution in [0.4, 0.5) is 16.5 Å². The molecule has 0 aliphatic rings. The Morgan fingerprint density at radius 3 is 2.36 bits per heavy atom. The molecule has 0 unspecified atom stereocenters. The number of amides is 2. The van der Waals surface area contributed by atoms with Crippen molar-refractivity contribution >= 4 is 40.6 Å². The molecule has 0 saturated heterocycles. The number of aliphatic carboxylic acids is 1. The van der Waals surface area contributed by atoms with Gasteiger partial charge in [-0.1, -0.05) is 30.3 Å². The highest BCUT2D eigenvalue weighted by Gasteiger charge is 2.43. The molecule has 2 amide bonds. The van der Waals surface area contributed by atoms with Gasteiger partial charge in [0.15, 0.2) is 0 Å². The minimum absolute atomic E-state index is 0.0290. The van der Waals surface area contributed by atoms with Crippen LogP contribution in [-0.4, -0.2) is 45.2 Å². The maximum Gasteiger partial charge on any atom is 0.408 e. The molecule has 0 aliphatic carbocycles. The highest BCUT2D eigenvalue weighted by atomic mass is 16.6. The van der Waals surface area contributed by atoms with E-state index in [1.54, 1.807) is 64.1 Å². The number of hydrogen-bond donors (Lipinski definition) is 4. The number of anilines is 2. The van der Waals surface area contributed by atoms with Crippen LogP contribution in [0.25, 0.3) is 10.9 Å². The first-order valence-corrected chi connectivity index (χ1v) is 12.5. The van der Waals surface area contributed by atoms with Crippen molar-refractivity contribution in [2.75, 3.05) is 10.6 Å². The number of rotatable bonds is 9. The lowest BCUT2D eigenvalue weighted by Crippen LogP contribution is -2.60. The first-order valence-electron chi connectivity index (χ1n) is 12.5. The molecule has 2 aromatic carbocycles. The predicted molar refractivity (Wildman–Crippen MR) is 147 cm³/mol. The number of hydrogen-bond acceptors (Lipinski definition) is 8. The van der Waals surface area contributed by atoms with Gasteiger partial charge in [-0.15, -0.1) is 0 Å². The molecule has 4 N–H and O–H groups in total. The number of aromatic nitrogens is 1. The minimum atomic E-state index is -1.91. The molecular formula is C28H34N4O7. The fraction of sp³-hybridized carbons (Fsp3) is 0.393. The van der Waals surface area contributed by atoms with Gasteiger partial charge in [-0.05, 0) is 64.8 Å². The Balaban J connectivity index is 2.06. The van der Waals surface area contributed by atoms with Gasteiger partial charge >= 0.3 is 17.7 Å². The average molecular weight is 539 g/mol. The molecule has 3 aromatic rings. The van der Waals surface area contributed by atoms with Crippen molar-refractivity contribution in [3.63, 3.8) is 0 Å². The van der Waals surface area contributed by atoms with Crippen LogP contribution >= 0.6 is 0 Å². The first kappa shape index (κ1) is 29.2. The molecule has 1 atom stereocenters. The molecule has 39 heavy (non-hydrogen) atoms. The van der Waals surface area contributed by atoms with E-state index in [1.165, 1.54) is 6.07 Å². The second-order valence-electron chi connectivity index (χ2n) is 10.7. The average Bonchev–Trinajstić information content (AvgIpc) is 2.76. The number of carbonyl (C=O) groups is 3. The fourth-order valence-electron chi connectivity index (χ4n) is 4.09. The van der Waals surface area contributed by atoms with Gasteiger partial charge in [0.1, 0.15) is 11.1 Å². The topological polar surface area (TPSA) is 160 Å². The molecule has 1 heterocycles. The molecule has 0 fully saturated rings. The third-order valence-electron chi connectivity index (χ3n) is 5.58. The number of carboxylic acids is 1. The number of carboxylic acid groups (broad SMARTS) is 1. The highest BCUT2D eigenvalue weighted by molar-refractivity contribution is 6.03. The summed E-state index contributed by atoms with van der Waals surface area (Å²) in [6.07, 6.45) is -1.78. The summed E-state index contributed by atoms with van der Waals surface area (Å²) in [7, 11) is 0. The first-order chi connectivity index (χ1) is 18.2. The SMILES string of the molecule is Cc1cc(NC(=O)[C@@](CC(=O)O)(Cc2ccccc2)NC(=O)OC(C)(C)C)cc2nc(NC(C)C)oc(=O)c12. The van der Waals surface area contributed by atoms with Crippen LogP contribution in [0.15, 0.2) is 51.7 Å². The lowest BCUT2D eigenvalue weighted by molar-refractivity contribution is -0.141. The number of carbonyl (C=O) groups excluding carboxylic acids is 2. The lowest BCUT2D eigenvalue weighted by Gasteiger charge is -2.33. The summed E-state index contributed by atoms with van der Waals surface area (Å²) in [5.74, 6) is -2.07.